The fourth-order valence-corrected chi connectivity index (χ4v) is 10.2. The van der Waals surface area contributed by atoms with E-state index in [4.69, 9.17) is 18.5 Å². The zero-order valence-corrected chi connectivity index (χ0v) is 53.2. The standard InChI is InChI=1S/C69H126NO8P/c1-6-8-10-12-14-16-18-20-22-24-26-28-30-32-34-35-36-38-40-42-44-46-48-50-52-54-56-58-60-62-69(72)78-67(66-77-79(73,74)76-64-63-70(3,4)5)65-75-68(71)61-59-57-55-53-51-49-47-45-43-41-39-37-33-31-29-27-25-23-21-19-17-15-13-11-9-7-2/h8,10,14,16,20,22,26,28,32,34,36,38,67H,6-7,9,11-13,15,17-19,21,23-25,27,29-31,33,35,37,39-66H2,1-5H3/p+1/b10-8-,16-14-,22-20-,28-26-,34-32-,38-36-. The van der Waals surface area contributed by atoms with Crippen LogP contribution >= 0.6 is 7.82 Å². The highest BCUT2D eigenvalue weighted by molar-refractivity contribution is 7.47. The summed E-state index contributed by atoms with van der Waals surface area (Å²) in [4.78, 5) is 35.8. The van der Waals surface area contributed by atoms with Gasteiger partial charge in [-0.1, -0.05) is 299 Å². The lowest BCUT2D eigenvalue weighted by atomic mass is 10.0. The van der Waals surface area contributed by atoms with Crippen LogP contribution in [0.4, 0.5) is 0 Å². The lowest BCUT2D eigenvalue weighted by Gasteiger charge is -2.24. The molecule has 9 nitrogen and oxygen atoms in total. The second kappa shape index (κ2) is 60.1. The Morgan fingerprint density at radius 2 is 0.722 bits per heavy atom. The van der Waals surface area contributed by atoms with E-state index in [2.05, 4.69) is 86.8 Å². The molecule has 0 aromatic heterocycles. The van der Waals surface area contributed by atoms with Crippen molar-refractivity contribution in [3.05, 3.63) is 72.9 Å². The number of hydrogen-bond acceptors (Lipinski definition) is 7. The Hall–Kier alpha value is -2.55. The molecule has 0 fully saturated rings. The van der Waals surface area contributed by atoms with Crippen molar-refractivity contribution in [1.29, 1.82) is 0 Å². The molecule has 2 atom stereocenters. The number of phosphoric acid groups is 1. The summed E-state index contributed by atoms with van der Waals surface area (Å²) >= 11 is 0. The van der Waals surface area contributed by atoms with Crippen molar-refractivity contribution in [3.63, 3.8) is 0 Å². The van der Waals surface area contributed by atoms with Crippen LogP contribution in [0.1, 0.15) is 303 Å². The van der Waals surface area contributed by atoms with E-state index in [1.54, 1.807) is 0 Å². The number of esters is 2. The maximum atomic E-state index is 12.9. The first kappa shape index (κ1) is 76.5. The smallest absolute Gasteiger partial charge is 0.462 e. The first-order valence-corrected chi connectivity index (χ1v) is 34.7. The third-order valence-electron chi connectivity index (χ3n) is 14.5. The molecule has 0 spiro atoms. The Balaban J connectivity index is 4.09. The Bertz CT molecular complexity index is 1560. The number of carbonyl (C=O) groups excluding carboxylic acids is 2. The molecular weight excluding hydrogens is 1000 g/mol. The molecule has 0 saturated carbocycles. The molecule has 0 bridgehead atoms. The van der Waals surface area contributed by atoms with Gasteiger partial charge in [0.2, 0.25) is 0 Å². The highest BCUT2D eigenvalue weighted by Crippen LogP contribution is 2.43. The maximum Gasteiger partial charge on any atom is 0.472 e. The van der Waals surface area contributed by atoms with Crippen LogP contribution in [0, 0.1) is 0 Å². The third kappa shape index (κ3) is 64.5. The first-order valence-electron chi connectivity index (χ1n) is 33.2. The summed E-state index contributed by atoms with van der Waals surface area (Å²) in [5.74, 6) is -0.791. The van der Waals surface area contributed by atoms with E-state index in [9.17, 15) is 19.0 Å². The van der Waals surface area contributed by atoms with Crippen LogP contribution in [0.15, 0.2) is 72.9 Å². The van der Waals surface area contributed by atoms with Crippen molar-refractivity contribution < 1.29 is 42.1 Å². The van der Waals surface area contributed by atoms with E-state index in [0.717, 1.165) is 83.5 Å². The SMILES string of the molecule is CC/C=C\C/C=C\C/C=C\C/C=C\C/C=C\C/C=C\CCCCCCCCCCCCC(=O)OC(COC(=O)CCCCCCCCCCCCCCCCCCCCCCCCCCCC)COP(=O)(O)OCC[N+](C)(C)C. The van der Waals surface area contributed by atoms with Crippen molar-refractivity contribution >= 4 is 19.8 Å². The fourth-order valence-electron chi connectivity index (χ4n) is 9.43. The monoisotopic (exact) mass is 1130 g/mol. The Morgan fingerprint density at radius 3 is 1.08 bits per heavy atom. The first-order chi connectivity index (χ1) is 38.5. The minimum absolute atomic E-state index is 0.0298. The van der Waals surface area contributed by atoms with Gasteiger partial charge in [-0.3, -0.25) is 18.6 Å². The van der Waals surface area contributed by atoms with Gasteiger partial charge in [-0.25, -0.2) is 4.57 Å². The molecule has 0 aliphatic heterocycles. The highest BCUT2D eigenvalue weighted by Gasteiger charge is 2.27. The van der Waals surface area contributed by atoms with Gasteiger partial charge >= 0.3 is 19.8 Å². The molecule has 0 radical (unpaired) electrons. The summed E-state index contributed by atoms with van der Waals surface area (Å²) in [5.41, 5.74) is 0. The normalized spacial score (nSPS) is 13.6. The van der Waals surface area contributed by atoms with E-state index in [-0.39, 0.29) is 25.6 Å². The van der Waals surface area contributed by atoms with Crippen molar-refractivity contribution in [2.45, 2.75) is 309 Å². The van der Waals surface area contributed by atoms with Crippen LogP contribution in [-0.2, 0) is 32.7 Å². The van der Waals surface area contributed by atoms with Crippen molar-refractivity contribution in [2.75, 3.05) is 47.5 Å². The van der Waals surface area contributed by atoms with E-state index in [1.807, 2.05) is 21.1 Å². The molecule has 0 rings (SSSR count). The van der Waals surface area contributed by atoms with E-state index in [1.165, 1.54) is 186 Å². The topological polar surface area (TPSA) is 108 Å². The molecule has 0 amide bonds. The zero-order chi connectivity index (χ0) is 57.7. The molecule has 0 aromatic carbocycles. The Kier molecular flexibility index (Phi) is 58.1. The lowest BCUT2D eigenvalue weighted by molar-refractivity contribution is -0.870. The van der Waals surface area contributed by atoms with Gasteiger partial charge in [0.05, 0.1) is 27.7 Å². The van der Waals surface area contributed by atoms with Crippen molar-refractivity contribution in [1.82, 2.24) is 0 Å². The molecule has 0 aromatic rings. The van der Waals surface area contributed by atoms with E-state index >= 15 is 0 Å². The molecular formula is C69H127NO8P+. The number of allylic oxidation sites excluding steroid dienone is 12. The van der Waals surface area contributed by atoms with E-state index < -0.39 is 26.5 Å². The molecule has 79 heavy (non-hydrogen) atoms. The summed E-state index contributed by atoms with van der Waals surface area (Å²) in [6.45, 7) is 4.36. The maximum absolute atomic E-state index is 12.9. The van der Waals surface area contributed by atoms with Crippen LogP contribution < -0.4 is 0 Å². The van der Waals surface area contributed by atoms with Crippen LogP contribution in [0.2, 0.25) is 0 Å². The number of unbranched alkanes of at least 4 members (excludes halogenated alkanes) is 35. The molecule has 0 heterocycles. The van der Waals surface area contributed by atoms with Gasteiger partial charge in [-0.05, 0) is 64.2 Å². The third-order valence-corrected chi connectivity index (χ3v) is 15.5. The number of hydrogen-bond donors (Lipinski definition) is 1. The molecule has 2 unspecified atom stereocenters. The van der Waals surface area contributed by atoms with Gasteiger partial charge in [0.15, 0.2) is 6.10 Å². The molecule has 10 heteroatoms. The average Bonchev–Trinajstić information content (AvgIpc) is 3.41. The number of quaternary nitrogens is 1. The Labute approximate surface area is 489 Å². The van der Waals surface area contributed by atoms with Crippen LogP contribution in [-0.4, -0.2) is 74.9 Å². The van der Waals surface area contributed by atoms with Crippen LogP contribution in [0.3, 0.4) is 0 Å². The number of rotatable bonds is 61. The van der Waals surface area contributed by atoms with Gasteiger partial charge in [-0.15, -0.1) is 0 Å². The zero-order valence-electron chi connectivity index (χ0n) is 52.4. The average molecular weight is 1130 g/mol. The van der Waals surface area contributed by atoms with Gasteiger partial charge in [0.1, 0.15) is 19.8 Å². The predicted octanol–water partition coefficient (Wildman–Crippen LogP) is 21.2. The second-order valence-electron chi connectivity index (χ2n) is 23.5. The molecule has 0 saturated heterocycles. The lowest BCUT2D eigenvalue weighted by Crippen LogP contribution is -2.37. The summed E-state index contributed by atoms with van der Waals surface area (Å²) in [5, 5.41) is 0. The predicted molar refractivity (Wildman–Crippen MR) is 339 cm³/mol. The van der Waals surface area contributed by atoms with Gasteiger partial charge in [-0.2, -0.15) is 0 Å². The van der Waals surface area contributed by atoms with Gasteiger partial charge in [0, 0.05) is 12.8 Å². The van der Waals surface area contributed by atoms with E-state index in [0.29, 0.717) is 23.9 Å². The summed E-state index contributed by atoms with van der Waals surface area (Å²) in [6.07, 6.45) is 79.9. The minimum Gasteiger partial charge on any atom is -0.462 e. The number of carbonyl (C=O) groups is 2. The van der Waals surface area contributed by atoms with Crippen molar-refractivity contribution in [3.8, 4) is 0 Å². The summed E-state index contributed by atoms with van der Waals surface area (Å²) < 4.78 is 34.7. The Morgan fingerprint density at radius 1 is 0.405 bits per heavy atom. The molecule has 0 aliphatic carbocycles. The molecule has 460 valence electrons. The summed E-state index contributed by atoms with van der Waals surface area (Å²) in [7, 11) is 1.48. The quantitative estimate of drug-likeness (QED) is 0.0211. The van der Waals surface area contributed by atoms with Crippen LogP contribution in [0.25, 0.3) is 0 Å². The molecule has 0 aliphatic rings. The number of phosphoric ester groups is 1. The highest BCUT2D eigenvalue weighted by atomic mass is 31.2. The summed E-state index contributed by atoms with van der Waals surface area (Å²) in [6, 6.07) is 0. The van der Waals surface area contributed by atoms with Gasteiger partial charge in [0.25, 0.3) is 0 Å². The van der Waals surface area contributed by atoms with Gasteiger partial charge < -0.3 is 18.9 Å². The second-order valence-corrected chi connectivity index (χ2v) is 24.9. The molecule has 1 N–H and O–H groups in total. The van der Waals surface area contributed by atoms with Crippen LogP contribution in [0.5, 0.6) is 0 Å². The number of ether oxygens (including phenoxy) is 2. The fraction of sp³-hybridized carbons (Fsp3) is 0.797. The van der Waals surface area contributed by atoms with Crippen molar-refractivity contribution in [2.24, 2.45) is 0 Å². The number of likely N-dealkylation sites (N-methyl/N-ethyl adjacent to an activating group) is 1. The minimum atomic E-state index is -4.39. The number of nitrogens with zero attached hydrogens (tertiary/aromatic N) is 1. The largest absolute Gasteiger partial charge is 0.472 e.